The Kier molecular flexibility index (Phi) is 5.42. The second kappa shape index (κ2) is 7.31. The summed E-state index contributed by atoms with van der Waals surface area (Å²) >= 11 is 0. The number of esters is 1. The Hall–Kier alpha value is -2.30. The van der Waals surface area contributed by atoms with Crippen LogP contribution in [0.3, 0.4) is 0 Å². The molecule has 2 rings (SSSR count). The number of unbranched alkanes of at least 4 members (excludes halogenated alkanes) is 1. The van der Waals surface area contributed by atoms with E-state index in [4.69, 9.17) is 4.74 Å². The first-order chi connectivity index (χ1) is 10.9. The van der Waals surface area contributed by atoms with E-state index in [0.29, 0.717) is 23.3 Å². The molecule has 5 heteroatoms. The van der Waals surface area contributed by atoms with Crippen LogP contribution in [0.15, 0.2) is 48.5 Å². The molecule has 23 heavy (non-hydrogen) atoms. The number of carbonyl (C=O) groups is 1. The minimum atomic E-state index is -4.36. The Morgan fingerprint density at radius 1 is 1.04 bits per heavy atom. The molecule has 0 heterocycles. The fourth-order valence-electron chi connectivity index (χ4n) is 2.07. The summed E-state index contributed by atoms with van der Waals surface area (Å²) in [7, 11) is 0. The summed E-state index contributed by atoms with van der Waals surface area (Å²) in [5, 5.41) is 0. The number of halogens is 3. The third-order valence-corrected chi connectivity index (χ3v) is 3.37. The lowest BCUT2D eigenvalue weighted by atomic mass is 10.0. The van der Waals surface area contributed by atoms with Gasteiger partial charge < -0.3 is 4.74 Å². The van der Waals surface area contributed by atoms with Crippen molar-refractivity contribution in [3.8, 4) is 11.1 Å². The van der Waals surface area contributed by atoms with Crippen molar-refractivity contribution in [3.63, 3.8) is 0 Å². The second-order valence-electron chi connectivity index (χ2n) is 5.15. The Labute approximate surface area is 132 Å². The van der Waals surface area contributed by atoms with Gasteiger partial charge in [0.05, 0.1) is 17.7 Å². The zero-order valence-corrected chi connectivity index (χ0v) is 12.7. The highest BCUT2D eigenvalue weighted by Crippen LogP contribution is 2.31. The van der Waals surface area contributed by atoms with Crippen LogP contribution in [0.5, 0.6) is 0 Å². The van der Waals surface area contributed by atoms with Crippen LogP contribution < -0.4 is 0 Å². The van der Waals surface area contributed by atoms with E-state index in [1.54, 1.807) is 24.3 Å². The molecule has 0 bridgehead atoms. The predicted octanol–water partition coefficient (Wildman–Crippen LogP) is 5.33. The van der Waals surface area contributed by atoms with Gasteiger partial charge in [-0.2, -0.15) is 13.2 Å². The highest BCUT2D eigenvalue weighted by atomic mass is 19.4. The van der Waals surface area contributed by atoms with E-state index in [2.05, 4.69) is 0 Å². The molecule has 0 saturated carbocycles. The van der Waals surface area contributed by atoms with Crippen LogP contribution in [0.4, 0.5) is 13.2 Å². The van der Waals surface area contributed by atoms with Gasteiger partial charge >= 0.3 is 12.1 Å². The highest BCUT2D eigenvalue weighted by Gasteiger charge is 2.29. The van der Waals surface area contributed by atoms with Crippen LogP contribution in [0.1, 0.15) is 35.7 Å². The van der Waals surface area contributed by atoms with E-state index in [0.717, 1.165) is 25.0 Å². The SMILES string of the molecule is CCCCOC(=O)c1cccc(-c2ccc(C(F)(F)F)cc2)c1. The molecule has 0 fully saturated rings. The first kappa shape index (κ1) is 17.1. The number of alkyl halides is 3. The summed E-state index contributed by atoms with van der Waals surface area (Å²) in [6, 6.07) is 11.5. The third-order valence-electron chi connectivity index (χ3n) is 3.37. The number of ether oxygens (including phenoxy) is 1. The van der Waals surface area contributed by atoms with Gasteiger partial charge in [-0.3, -0.25) is 0 Å². The smallest absolute Gasteiger partial charge is 0.416 e. The van der Waals surface area contributed by atoms with Gasteiger partial charge in [-0.1, -0.05) is 37.6 Å². The first-order valence-corrected chi connectivity index (χ1v) is 7.36. The minimum Gasteiger partial charge on any atom is -0.462 e. The van der Waals surface area contributed by atoms with Gasteiger partial charge in [-0.05, 0) is 41.8 Å². The molecule has 0 saturated heterocycles. The largest absolute Gasteiger partial charge is 0.462 e. The van der Waals surface area contributed by atoms with Crippen LogP contribution in [-0.2, 0) is 10.9 Å². The van der Waals surface area contributed by atoms with E-state index in [1.807, 2.05) is 6.92 Å². The van der Waals surface area contributed by atoms with Gasteiger partial charge in [-0.15, -0.1) is 0 Å². The zero-order valence-electron chi connectivity index (χ0n) is 12.7. The van der Waals surface area contributed by atoms with Crippen LogP contribution in [0.25, 0.3) is 11.1 Å². The summed E-state index contributed by atoms with van der Waals surface area (Å²) < 4.78 is 42.9. The van der Waals surface area contributed by atoms with Crippen molar-refractivity contribution in [2.75, 3.05) is 6.61 Å². The lowest BCUT2D eigenvalue weighted by Gasteiger charge is -2.09. The second-order valence-corrected chi connectivity index (χ2v) is 5.15. The minimum absolute atomic E-state index is 0.361. The standard InChI is InChI=1S/C18H17F3O2/c1-2-3-11-23-17(22)15-6-4-5-14(12-15)13-7-9-16(10-8-13)18(19,20)21/h4-10,12H,2-3,11H2,1H3. The molecule has 0 aliphatic heterocycles. The molecule has 0 aromatic heterocycles. The van der Waals surface area contributed by atoms with Crippen molar-refractivity contribution in [2.45, 2.75) is 25.9 Å². The molecule has 0 amide bonds. The molecule has 0 radical (unpaired) electrons. The van der Waals surface area contributed by atoms with Gasteiger partial charge in [0.25, 0.3) is 0 Å². The normalized spacial score (nSPS) is 11.3. The molecule has 0 spiro atoms. The lowest BCUT2D eigenvalue weighted by molar-refractivity contribution is -0.137. The van der Waals surface area contributed by atoms with Gasteiger partial charge in [0, 0.05) is 0 Å². The molecule has 0 aliphatic carbocycles. The molecule has 0 aliphatic rings. The molecule has 0 atom stereocenters. The number of carbonyl (C=O) groups excluding carboxylic acids is 1. The van der Waals surface area contributed by atoms with Crippen LogP contribution in [0, 0.1) is 0 Å². The maximum atomic E-state index is 12.6. The molecule has 2 aromatic carbocycles. The van der Waals surface area contributed by atoms with Crippen LogP contribution in [-0.4, -0.2) is 12.6 Å². The predicted molar refractivity (Wildman–Crippen MR) is 82.1 cm³/mol. The molecular formula is C18H17F3O2. The number of hydrogen-bond acceptors (Lipinski definition) is 2. The Morgan fingerprint density at radius 2 is 1.74 bits per heavy atom. The van der Waals surface area contributed by atoms with Crippen molar-refractivity contribution < 1.29 is 22.7 Å². The lowest BCUT2D eigenvalue weighted by Crippen LogP contribution is -2.06. The average molecular weight is 322 g/mol. The fourth-order valence-corrected chi connectivity index (χ4v) is 2.07. The van der Waals surface area contributed by atoms with Gasteiger partial charge in [0.1, 0.15) is 0 Å². The van der Waals surface area contributed by atoms with E-state index in [1.165, 1.54) is 12.1 Å². The van der Waals surface area contributed by atoms with Gasteiger partial charge in [0.2, 0.25) is 0 Å². The van der Waals surface area contributed by atoms with Gasteiger partial charge in [-0.25, -0.2) is 4.79 Å². The Bertz CT molecular complexity index is 661. The molecule has 0 N–H and O–H groups in total. The third kappa shape index (κ3) is 4.58. The summed E-state index contributed by atoms with van der Waals surface area (Å²) in [5.74, 6) is -0.424. The Balaban J connectivity index is 2.17. The van der Waals surface area contributed by atoms with Crippen molar-refractivity contribution in [2.24, 2.45) is 0 Å². The first-order valence-electron chi connectivity index (χ1n) is 7.36. The topological polar surface area (TPSA) is 26.3 Å². The molecule has 2 nitrogen and oxygen atoms in total. The number of hydrogen-bond donors (Lipinski definition) is 0. The van der Waals surface area contributed by atoms with Crippen LogP contribution in [0.2, 0.25) is 0 Å². The van der Waals surface area contributed by atoms with Crippen molar-refractivity contribution in [3.05, 3.63) is 59.7 Å². The maximum absolute atomic E-state index is 12.6. The molecule has 122 valence electrons. The highest BCUT2D eigenvalue weighted by molar-refractivity contribution is 5.91. The summed E-state index contributed by atoms with van der Waals surface area (Å²) in [6.45, 7) is 2.36. The molecular weight excluding hydrogens is 305 g/mol. The average Bonchev–Trinajstić information content (AvgIpc) is 2.54. The van der Waals surface area contributed by atoms with Crippen molar-refractivity contribution in [1.82, 2.24) is 0 Å². The number of benzene rings is 2. The van der Waals surface area contributed by atoms with Crippen molar-refractivity contribution in [1.29, 1.82) is 0 Å². The van der Waals surface area contributed by atoms with Crippen LogP contribution >= 0.6 is 0 Å². The summed E-state index contributed by atoms with van der Waals surface area (Å²) in [6.07, 6.45) is -2.63. The van der Waals surface area contributed by atoms with E-state index < -0.39 is 17.7 Å². The monoisotopic (exact) mass is 322 g/mol. The quantitative estimate of drug-likeness (QED) is 0.549. The fraction of sp³-hybridized carbons (Fsp3) is 0.278. The van der Waals surface area contributed by atoms with E-state index in [9.17, 15) is 18.0 Å². The molecule has 2 aromatic rings. The summed E-state index contributed by atoms with van der Waals surface area (Å²) in [4.78, 5) is 11.9. The van der Waals surface area contributed by atoms with E-state index in [-0.39, 0.29) is 0 Å². The van der Waals surface area contributed by atoms with Gasteiger partial charge in [0.15, 0.2) is 0 Å². The zero-order chi connectivity index (χ0) is 16.9. The number of rotatable bonds is 5. The molecule has 0 unspecified atom stereocenters. The maximum Gasteiger partial charge on any atom is 0.416 e. The van der Waals surface area contributed by atoms with Crippen molar-refractivity contribution >= 4 is 5.97 Å². The van der Waals surface area contributed by atoms with E-state index >= 15 is 0 Å². The summed E-state index contributed by atoms with van der Waals surface area (Å²) in [5.41, 5.74) is 0.972. The Morgan fingerprint density at radius 3 is 2.35 bits per heavy atom.